The van der Waals surface area contributed by atoms with Gasteiger partial charge in [-0.2, -0.15) is 0 Å². The highest BCUT2D eigenvalue weighted by atomic mass is 16.5. The van der Waals surface area contributed by atoms with Crippen LogP contribution in [0.15, 0.2) is 30.3 Å². The zero-order valence-electron chi connectivity index (χ0n) is 13.8. The molecule has 1 aromatic carbocycles. The van der Waals surface area contributed by atoms with Crippen LogP contribution in [0, 0.1) is 16.7 Å². The van der Waals surface area contributed by atoms with E-state index in [4.69, 9.17) is 10.5 Å². The molecule has 116 valence electrons. The van der Waals surface area contributed by atoms with Crippen LogP contribution in [0.5, 0.6) is 0 Å². The molecule has 2 heteroatoms. The highest BCUT2D eigenvalue weighted by Crippen LogP contribution is 2.66. The number of hydrogen-bond acceptors (Lipinski definition) is 2. The summed E-state index contributed by atoms with van der Waals surface area (Å²) in [6.07, 6.45) is 4.18. The van der Waals surface area contributed by atoms with E-state index in [1.54, 1.807) is 0 Å². The summed E-state index contributed by atoms with van der Waals surface area (Å²) in [5.74, 6) is 0.803. The Bertz CT molecular complexity index is 496. The fourth-order valence-corrected chi connectivity index (χ4v) is 4.66. The molecule has 2 aliphatic carbocycles. The number of rotatable bonds is 4. The Morgan fingerprint density at radius 3 is 2.33 bits per heavy atom. The van der Waals surface area contributed by atoms with E-state index in [1.165, 1.54) is 24.8 Å². The lowest BCUT2D eigenvalue weighted by molar-refractivity contribution is -0.0943. The van der Waals surface area contributed by atoms with E-state index < -0.39 is 0 Å². The average Bonchev–Trinajstić information content (AvgIpc) is 2.78. The zero-order chi connectivity index (χ0) is 15.3. The fraction of sp³-hybridized carbons (Fsp3) is 0.684. The van der Waals surface area contributed by atoms with Crippen molar-refractivity contribution < 1.29 is 4.74 Å². The second-order valence-corrected chi connectivity index (χ2v) is 7.93. The number of ether oxygens (including phenoxy) is 1. The molecule has 0 saturated heterocycles. The second-order valence-electron chi connectivity index (χ2n) is 7.93. The van der Waals surface area contributed by atoms with Crippen LogP contribution < -0.4 is 5.73 Å². The molecule has 2 bridgehead atoms. The molecule has 2 N–H and O–H groups in total. The summed E-state index contributed by atoms with van der Waals surface area (Å²) in [6, 6.07) is 10.5. The van der Waals surface area contributed by atoms with E-state index in [1.807, 2.05) is 6.07 Å². The third kappa shape index (κ3) is 2.24. The van der Waals surface area contributed by atoms with E-state index in [0.717, 1.165) is 5.92 Å². The van der Waals surface area contributed by atoms with Crippen molar-refractivity contribution in [3.63, 3.8) is 0 Å². The van der Waals surface area contributed by atoms with Gasteiger partial charge in [0.1, 0.15) is 0 Å². The van der Waals surface area contributed by atoms with Crippen molar-refractivity contribution in [2.75, 3.05) is 0 Å². The molecular weight excluding hydrogens is 258 g/mol. The summed E-state index contributed by atoms with van der Waals surface area (Å²) in [5.41, 5.74) is 8.11. The minimum absolute atomic E-state index is 0.00294. The molecule has 0 heterocycles. The Balaban J connectivity index is 1.83. The number of fused-ring (bicyclic) bond motifs is 2. The van der Waals surface area contributed by atoms with Gasteiger partial charge in [0.25, 0.3) is 0 Å². The first-order valence-corrected chi connectivity index (χ1v) is 8.32. The van der Waals surface area contributed by atoms with Crippen LogP contribution in [-0.2, 0) is 4.74 Å². The van der Waals surface area contributed by atoms with Crippen LogP contribution in [0.4, 0.5) is 0 Å². The third-order valence-corrected chi connectivity index (χ3v) is 6.63. The van der Waals surface area contributed by atoms with Gasteiger partial charge < -0.3 is 10.5 Å². The Kier molecular flexibility index (Phi) is 3.66. The molecule has 2 fully saturated rings. The lowest BCUT2D eigenvalue weighted by atomic mass is 9.70. The van der Waals surface area contributed by atoms with E-state index in [2.05, 4.69) is 52.0 Å². The van der Waals surface area contributed by atoms with Crippen molar-refractivity contribution in [1.82, 2.24) is 0 Å². The van der Waals surface area contributed by atoms with Gasteiger partial charge in [0.15, 0.2) is 0 Å². The molecule has 0 amide bonds. The molecular formula is C19H29NO. The molecule has 0 aromatic heterocycles. The van der Waals surface area contributed by atoms with E-state index in [0.29, 0.717) is 16.9 Å². The summed E-state index contributed by atoms with van der Waals surface area (Å²) in [6.45, 7) is 9.33. The molecule has 0 radical (unpaired) electrons. The number of benzene rings is 1. The van der Waals surface area contributed by atoms with Crippen LogP contribution in [-0.4, -0.2) is 12.1 Å². The van der Waals surface area contributed by atoms with Gasteiger partial charge in [0.2, 0.25) is 0 Å². The quantitative estimate of drug-likeness (QED) is 0.895. The van der Waals surface area contributed by atoms with Crippen LogP contribution in [0.25, 0.3) is 0 Å². The van der Waals surface area contributed by atoms with Gasteiger partial charge in [-0.05, 0) is 48.5 Å². The smallest absolute Gasteiger partial charge is 0.0977 e. The Hall–Kier alpha value is -0.860. The first kappa shape index (κ1) is 15.1. The largest absolute Gasteiger partial charge is 0.368 e. The zero-order valence-corrected chi connectivity index (χ0v) is 13.8. The van der Waals surface area contributed by atoms with E-state index in [9.17, 15) is 0 Å². The van der Waals surface area contributed by atoms with Crippen LogP contribution in [0.1, 0.15) is 58.6 Å². The molecule has 5 atom stereocenters. The van der Waals surface area contributed by atoms with Gasteiger partial charge in [0, 0.05) is 6.04 Å². The first-order chi connectivity index (χ1) is 9.86. The molecule has 2 nitrogen and oxygen atoms in total. The predicted molar refractivity (Wildman–Crippen MR) is 86.9 cm³/mol. The number of nitrogens with two attached hydrogens (primary N) is 1. The Labute approximate surface area is 129 Å². The van der Waals surface area contributed by atoms with E-state index >= 15 is 0 Å². The maximum Gasteiger partial charge on any atom is 0.0977 e. The van der Waals surface area contributed by atoms with Gasteiger partial charge >= 0.3 is 0 Å². The number of hydrogen-bond donors (Lipinski definition) is 1. The molecule has 2 aliphatic rings. The molecule has 0 aliphatic heterocycles. The summed E-state index contributed by atoms with van der Waals surface area (Å²) < 4.78 is 6.61. The monoisotopic (exact) mass is 287 g/mol. The highest BCUT2D eigenvalue weighted by molar-refractivity contribution is 5.20. The molecule has 21 heavy (non-hydrogen) atoms. The lowest BCUT2D eigenvalue weighted by Gasteiger charge is -2.41. The van der Waals surface area contributed by atoms with E-state index in [-0.39, 0.29) is 12.1 Å². The molecule has 3 rings (SSSR count). The standard InChI is InChI=1S/C19H29NO/c1-13(20)17(14-8-6-5-7-9-14)21-16-12-15-10-11-19(16,4)18(15,2)3/h5-9,13,15-17H,10-12,20H2,1-4H3. The van der Waals surface area contributed by atoms with Gasteiger partial charge in [-0.1, -0.05) is 51.1 Å². The van der Waals surface area contributed by atoms with Crippen molar-refractivity contribution >= 4 is 0 Å². The maximum absolute atomic E-state index is 6.61. The van der Waals surface area contributed by atoms with Crippen LogP contribution in [0.2, 0.25) is 0 Å². The SMILES string of the molecule is CC(N)C(OC1CC2CCC1(C)C2(C)C)c1ccccc1. The summed E-state index contributed by atoms with van der Waals surface area (Å²) in [7, 11) is 0. The molecule has 1 aromatic rings. The summed E-state index contributed by atoms with van der Waals surface area (Å²) >= 11 is 0. The van der Waals surface area contributed by atoms with Crippen molar-refractivity contribution in [3.05, 3.63) is 35.9 Å². The Morgan fingerprint density at radius 1 is 1.19 bits per heavy atom. The summed E-state index contributed by atoms with van der Waals surface area (Å²) in [5, 5.41) is 0. The Morgan fingerprint density at radius 2 is 1.86 bits per heavy atom. The normalized spacial score (nSPS) is 36.6. The highest BCUT2D eigenvalue weighted by Gasteiger charge is 2.62. The minimum atomic E-state index is 0.00294. The van der Waals surface area contributed by atoms with Crippen molar-refractivity contribution in [2.45, 2.75) is 65.2 Å². The third-order valence-electron chi connectivity index (χ3n) is 6.63. The van der Waals surface area contributed by atoms with Crippen molar-refractivity contribution in [3.8, 4) is 0 Å². The topological polar surface area (TPSA) is 35.2 Å². The van der Waals surface area contributed by atoms with Gasteiger partial charge in [-0.15, -0.1) is 0 Å². The van der Waals surface area contributed by atoms with Gasteiger partial charge in [-0.25, -0.2) is 0 Å². The van der Waals surface area contributed by atoms with Crippen LogP contribution in [0.3, 0.4) is 0 Å². The fourth-order valence-electron chi connectivity index (χ4n) is 4.66. The first-order valence-electron chi connectivity index (χ1n) is 8.32. The average molecular weight is 287 g/mol. The molecule has 2 saturated carbocycles. The molecule has 0 spiro atoms. The van der Waals surface area contributed by atoms with Crippen LogP contribution >= 0.6 is 0 Å². The van der Waals surface area contributed by atoms with Gasteiger partial charge in [-0.3, -0.25) is 0 Å². The maximum atomic E-state index is 6.61. The predicted octanol–water partition coefficient (Wildman–Crippen LogP) is 4.31. The lowest BCUT2D eigenvalue weighted by Crippen LogP contribution is -2.40. The van der Waals surface area contributed by atoms with Crippen molar-refractivity contribution in [2.24, 2.45) is 22.5 Å². The van der Waals surface area contributed by atoms with Crippen molar-refractivity contribution in [1.29, 1.82) is 0 Å². The van der Waals surface area contributed by atoms with Gasteiger partial charge in [0.05, 0.1) is 12.2 Å². The minimum Gasteiger partial charge on any atom is -0.368 e. The second kappa shape index (κ2) is 5.10. The summed E-state index contributed by atoms with van der Waals surface area (Å²) in [4.78, 5) is 0. The molecule has 5 unspecified atom stereocenters.